The van der Waals surface area contributed by atoms with Crippen molar-refractivity contribution in [1.82, 2.24) is 4.57 Å². The summed E-state index contributed by atoms with van der Waals surface area (Å²) in [6, 6.07) is 12.5. The van der Waals surface area contributed by atoms with Gasteiger partial charge < -0.3 is 24.8 Å². The van der Waals surface area contributed by atoms with E-state index in [1.807, 2.05) is 12.1 Å². The minimum absolute atomic E-state index is 0.00892. The highest BCUT2D eigenvalue weighted by atomic mass is 19.4. The Kier molecular flexibility index (Phi) is 9.08. The molecule has 1 heterocycles. The van der Waals surface area contributed by atoms with E-state index in [0.29, 0.717) is 28.9 Å². The van der Waals surface area contributed by atoms with Crippen molar-refractivity contribution in [2.24, 2.45) is 11.8 Å². The van der Waals surface area contributed by atoms with Gasteiger partial charge in [0.2, 0.25) is 0 Å². The molecule has 1 aromatic heterocycles. The Morgan fingerprint density at radius 3 is 2.24 bits per heavy atom. The van der Waals surface area contributed by atoms with Crippen LogP contribution in [0.25, 0.3) is 5.69 Å². The van der Waals surface area contributed by atoms with Gasteiger partial charge in [0.25, 0.3) is 0 Å². The molecule has 3 aromatic rings. The lowest BCUT2D eigenvalue weighted by Crippen LogP contribution is -2.32. The largest absolute Gasteiger partial charge is 0.464 e. The molecule has 0 aliphatic carbocycles. The summed E-state index contributed by atoms with van der Waals surface area (Å²) in [5.74, 6) is 0.142. The number of hydrogen-bond donors (Lipinski definition) is 2. The molecule has 204 valence electrons. The van der Waals surface area contributed by atoms with Crippen molar-refractivity contribution in [3.63, 3.8) is 0 Å². The summed E-state index contributed by atoms with van der Waals surface area (Å²) in [4.78, 5) is 27.4. The molecule has 0 fully saturated rings. The lowest BCUT2D eigenvalue weighted by atomic mass is 10.1. The number of halogens is 3. The number of carbonyl (C=O) groups is 2. The van der Waals surface area contributed by atoms with Crippen LogP contribution in [0.3, 0.4) is 0 Å². The van der Waals surface area contributed by atoms with Gasteiger partial charge in [0.15, 0.2) is 0 Å². The highest BCUT2D eigenvalue weighted by Gasteiger charge is 2.30. The fourth-order valence-electron chi connectivity index (χ4n) is 4.14. The van der Waals surface area contributed by atoms with Crippen molar-refractivity contribution >= 4 is 29.1 Å². The molecule has 0 saturated heterocycles. The molecule has 2 N–H and O–H groups in total. The average molecular weight is 531 g/mol. The van der Waals surface area contributed by atoms with E-state index in [1.165, 1.54) is 19.2 Å². The molecule has 0 atom stereocenters. The molecule has 3 rings (SSSR count). The van der Waals surface area contributed by atoms with Crippen LogP contribution in [0.5, 0.6) is 0 Å². The molecule has 0 radical (unpaired) electrons. The normalized spacial score (nSPS) is 11.5. The lowest BCUT2D eigenvalue weighted by molar-refractivity contribution is -0.137. The Hall–Kier alpha value is -3.95. The van der Waals surface area contributed by atoms with Crippen LogP contribution >= 0.6 is 0 Å². The number of carbonyl (C=O) groups excluding carboxylic acids is 2. The van der Waals surface area contributed by atoms with E-state index in [0.717, 1.165) is 30.9 Å². The molecule has 0 aliphatic rings. The van der Waals surface area contributed by atoms with Gasteiger partial charge in [0, 0.05) is 30.7 Å². The van der Waals surface area contributed by atoms with Gasteiger partial charge in [-0.3, -0.25) is 0 Å². The molecule has 2 aromatic carbocycles. The number of nitrogens with one attached hydrogen (secondary N) is 2. The summed E-state index contributed by atoms with van der Waals surface area (Å²) in [5.41, 5.74) is 1.25. The van der Waals surface area contributed by atoms with Gasteiger partial charge in [-0.05, 0) is 60.4 Å². The topological polar surface area (TPSA) is 75.6 Å². The van der Waals surface area contributed by atoms with Crippen molar-refractivity contribution in [2.45, 2.75) is 33.9 Å². The number of ether oxygens (including phenoxy) is 1. The van der Waals surface area contributed by atoms with Crippen molar-refractivity contribution in [3.8, 4) is 5.69 Å². The number of nitrogens with zero attached hydrogens (tertiary/aromatic N) is 2. The van der Waals surface area contributed by atoms with Crippen molar-refractivity contribution in [1.29, 1.82) is 0 Å². The first-order valence-corrected chi connectivity index (χ1v) is 12.3. The van der Waals surface area contributed by atoms with E-state index >= 15 is 0 Å². The molecule has 0 saturated carbocycles. The second kappa shape index (κ2) is 12.1. The monoisotopic (exact) mass is 530 g/mol. The van der Waals surface area contributed by atoms with Crippen LogP contribution in [-0.2, 0) is 10.9 Å². The molecule has 0 spiro atoms. The summed E-state index contributed by atoms with van der Waals surface area (Å²) in [5, 5.41) is 5.30. The smallest absolute Gasteiger partial charge is 0.416 e. The first kappa shape index (κ1) is 28.6. The summed E-state index contributed by atoms with van der Waals surface area (Å²) in [7, 11) is 1.30. The van der Waals surface area contributed by atoms with Gasteiger partial charge in [-0.15, -0.1) is 0 Å². The lowest BCUT2D eigenvalue weighted by Gasteiger charge is -2.31. The Balaban J connectivity index is 2.01. The number of rotatable bonds is 9. The number of aromatic nitrogens is 1. The van der Waals surface area contributed by atoms with E-state index < -0.39 is 23.7 Å². The number of esters is 1. The number of methoxy groups -OCH3 is 1. The zero-order valence-electron chi connectivity index (χ0n) is 22.1. The third kappa shape index (κ3) is 7.30. The molecule has 0 bridgehead atoms. The van der Waals surface area contributed by atoms with Gasteiger partial charge in [-0.2, -0.15) is 13.2 Å². The Bertz CT molecular complexity index is 1260. The molecule has 2 amide bonds. The highest BCUT2D eigenvalue weighted by Crippen LogP contribution is 2.32. The van der Waals surface area contributed by atoms with Gasteiger partial charge in [0.05, 0.1) is 24.0 Å². The van der Waals surface area contributed by atoms with Crippen molar-refractivity contribution < 1.29 is 27.5 Å². The van der Waals surface area contributed by atoms with Crippen LogP contribution in [0.1, 0.15) is 43.7 Å². The molecule has 0 aliphatic heterocycles. The number of urea groups is 1. The van der Waals surface area contributed by atoms with Gasteiger partial charge in [-0.1, -0.05) is 33.8 Å². The van der Waals surface area contributed by atoms with Crippen LogP contribution in [0, 0.1) is 11.8 Å². The van der Waals surface area contributed by atoms with E-state index in [9.17, 15) is 22.8 Å². The zero-order chi connectivity index (χ0) is 28.0. The Labute approximate surface area is 220 Å². The number of anilines is 3. The predicted octanol–water partition coefficient (Wildman–Crippen LogP) is 7.05. The van der Waals surface area contributed by atoms with Gasteiger partial charge in [-0.25, -0.2) is 9.59 Å². The van der Waals surface area contributed by atoms with E-state index in [4.69, 9.17) is 4.74 Å². The molecular weight excluding hydrogens is 497 g/mol. The third-order valence-electron chi connectivity index (χ3n) is 5.61. The quantitative estimate of drug-likeness (QED) is 0.291. The molecule has 38 heavy (non-hydrogen) atoms. The molecule has 7 nitrogen and oxygen atoms in total. The Morgan fingerprint density at radius 2 is 1.63 bits per heavy atom. The highest BCUT2D eigenvalue weighted by molar-refractivity contribution is 6.02. The van der Waals surface area contributed by atoms with Crippen molar-refractivity contribution in [2.75, 3.05) is 35.7 Å². The fourth-order valence-corrected chi connectivity index (χ4v) is 4.14. The average Bonchev–Trinajstić information content (AvgIpc) is 3.32. The van der Waals surface area contributed by atoms with E-state index in [-0.39, 0.29) is 5.69 Å². The second-order valence-electron chi connectivity index (χ2n) is 9.81. The number of alkyl halides is 3. The standard InChI is InChI=1S/C28H33F3N4O3/c1-18(2)16-34(17-19(3)4)24-12-11-22(35-13-7-10-25(35)26(36)38-5)15-23(24)33-27(37)32-21-9-6-8-20(14-21)28(29,30)31/h6-15,18-19H,16-17H2,1-5H3,(H2,32,33,37). The Morgan fingerprint density at radius 1 is 0.947 bits per heavy atom. The van der Waals surface area contributed by atoms with Gasteiger partial charge in [0.1, 0.15) is 5.69 Å². The summed E-state index contributed by atoms with van der Waals surface area (Å²) in [6.45, 7) is 9.82. The van der Waals surface area contributed by atoms with Crippen LogP contribution in [0.2, 0.25) is 0 Å². The van der Waals surface area contributed by atoms with Crippen LogP contribution in [0.15, 0.2) is 60.8 Å². The number of amides is 2. The van der Waals surface area contributed by atoms with Crippen LogP contribution in [0.4, 0.5) is 35.0 Å². The van der Waals surface area contributed by atoms with E-state index in [1.54, 1.807) is 29.0 Å². The van der Waals surface area contributed by atoms with Crippen LogP contribution < -0.4 is 15.5 Å². The zero-order valence-corrected chi connectivity index (χ0v) is 22.1. The maximum atomic E-state index is 13.1. The molecule has 0 unspecified atom stereocenters. The maximum Gasteiger partial charge on any atom is 0.416 e. The molecule has 10 heteroatoms. The molecular formula is C28H33F3N4O3. The predicted molar refractivity (Wildman–Crippen MR) is 143 cm³/mol. The first-order valence-electron chi connectivity index (χ1n) is 12.3. The minimum Gasteiger partial charge on any atom is -0.464 e. The number of hydrogen-bond acceptors (Lipinski definition) is 4. The van der Waals surface area contributed by atoms with Gasteiger partial charge >= 0.3 is 18.2 Å². The third-order valence-corrected chi connectivity index (χ3v) is 5.61. The van der Waals surface area contributed by atoms with E-state index in [2.05, 4.69) is 43.2 Å². The van der Waals surface area contributed by atoms with Crippen LogP contribution in [-0.4, -0.2) is 36.8 Å². The maximum absolute atomic E-state index is 13.1. The summed E-state index contributed by atoms with van der Waals surface area (Å²) < 4.78 is 45.9. The van der Waals surface area contributed by atoms with Crippen molar-refractivity contribution in [3.05, 3.63) is 72.1 Å². The summed E-state index contributed by atoms with van der Waals surface area (Å²) >= 11 is 0. The summed E-state index contributed by atoms with van der Waals surface area (Å²) in [6.07, 6.45) is -2.83. The fraction of sp³-hybridized carbons (Fsp3) is 0.357. The second-order valence-corrected chi connectivity index (χ2v) is 9.81. The minimum atomic E-state index is -4.53. The number of benzene rings is 2. The first-order chi connectivity index (χ1) is 17.9. The SMILES string of the molecule is COC(=O)c1cccn1-c1ccc(N(CC(C)C)CC(C)C)c(NC(=O)Nc2cccc(C(F)(F)F)c2)c1.